The third kappa shape index (κ3) is 4.87. The van der Waals surface area contributed by atoms with E-state index in [2.05, 4.69) is 59.9 Å². The predicted molar refractivity (Wildman–Crippen MR) is 113 cm³/mol. The number of aliphatic hydroxyl groups excluding tert-OH is 1. The number of nitrogens with one attached hydrogen (secondary N) is 1. The van der Waals surface area contributed by atoms with Crippen LogP contribution in [0.4, 0.5) is 0 Å². The fourth-order valence-corrected chi connectivity index (χ4v) is 3.50. The van der Waals surface area contributed by atoms with Crippen LogP contribution in [-0.4, -0.2) is 27.2 Å². The van der Waals surface area contributed by atoms with Gasteiger partial charge < -0.3 is 20.7 Å². The van der Waals surface area contributed by atoms with Crippen molar-refractivity contribution in [2.24, 2.45) is 5.73 Å². The summed E-state index contributed by atoms with van der Waals surface area (Å²) in [5.41, 5.74) is 11.2. The van der Waals surface area contributed by atoms with Gasteiger partial charge in [-0.3, -0.25) is 0 Å². The zero-order valence-corrected chi connectivity index (χ0v) is 16.9. The number of aromatic nitrogens is 2. The van der Waals surface area contributed by atoms with E-state index in [4.69, 9.17) is 5.73 Å². The van der Waals surface area contributed by atoms with Crippen LogP contribution in [0.3, 0.4) is 0 Å². The Labute approximate surface area is 167 Å². The second-order valence-electron chi connectivity index (χ2n) is 7.45. The van der Waals surface area contributed by atoms with Gasteiger partial charge in [0.1, 0.15) is 5.82 Å². The van der Waals surface area contributed by atoms with Gasteiger partial charge in [-0.2, -0.15) is 0 Å². The molecule has 1 aromatic carbocycles. The normalized spacial score (nSPS) is 13.5. The minimum atomic E-state index is -0.591. The van der Waals surface area contributed by atoms with Gasteiger partial charge in [-0.25, -0.2) is 4.98 Å². The van der Waals surface area contributed by atoms with Crippen molar-refractivity contribution in [2.75, 3.05) is 6.54 Å². The first-order valence-electron chi connectivity index (χ1n) is 9.78. The highest BCUT2D eigenvalue weighted by Gasteiger charge is 2.12. The molecule has 0 fully saturated rings. The number of benzene rings is 1. The van der Waals surface area contributed by atoms with Crippen molar-refractivity contribution >= 4 is 0 Å². The number of aryl methyl sites for hydroxylation is 2. The highest BCUT2D eigenvalue weighted by Crippen LogP contribution is 2.17. The molecule has 5 heteroatoms. The molecule has 0 aliphatic rings. The molecule has 2 atom stereocenters. The van der Waals surface area contributed by atoms with Gasteiger partial charge in [0, 0.05) is 42.3 Å². The van der Waals surface area contributed by atoms with Gasteiger partial charge >= 0.3 is 0 Å². The molecule has 148 valence electrons. The minimum Gasteiger partial charge on any atom is -0.387 e. The quantitative estimate of drug-likeness (QED) is 0.563. The van der Waals surface area contributed by atoms with Crippen LogP contribution in [0.15, 0.2) is 54.7 Å². The molecule has 2 aromatic heterocycles. The molecule has 4 N–H and O–H groups in total. The molecule has 0 spiro atoms. The fraction of sp³-hybridized carbons (Fsp3) is 0.348. The number of pyridine rings is 1. The minimum absolute atomic E-state index is 0.250. The smallest absolute Gasteiger partial charge is 0.136 e. The zero-order chi connectivity index (χ0) is 20.1. The van der Waals surface area contributed by atoms with E-state index in [-0.39, 0.29) is 6.04 Å². The number of nitrogens with two attached hydrogens (primary N) is 1. The molecule has 5 nitrogen and oxygen atoms in total. The Morgan fingerprint density at radius 1 is 1.07 bits per heavy atom. The number of aliphatic hydroxyl groups is 1. The molecular formula is C23H30N4O. The van der Waals surface area contributed by atoms with Crippen LogP contribution in [-0.2, 0) is 13.0 Å². The largest absolute Gasteiger partial charge is 0.387 e. The van der Waals surface area contributed by atoms with Crippen LogP contribution >= 0.6 is 0 Å². The first-order chi connectivity index (χ1) is 13.5. The average molecular weight is 379 g/mol. The number of rotatable bonds is 8. The summed E-state index contributed by atoms with van der Waals surface area (Å²) in [5.74, 6) is 0.872. The SMILES string of the molecule is Cc1ccc(C)n1-c1ccc([C@@H](O)CN[C@H](C)Cc2cccc(CN)c2)cn1. The lowest BCUT2D eigenvalue weighted by Crippen LogP contribution is -2.32. The summed E-state index contributed by atoms with van der Waals surface area (Å²) < 4.78 is 2.10. The van der Waals surface area contributed by atoms with Crippen LogP contribution in [0.1, 0.15) is 41.1 Å². The summed E-state index contributed by atoms with van der Waals surface area (Å²) in [5, 5.41) is 13.9. The molecule has 0 unspecified atom stereocenters. The lowest BCUT2D eigenvalue weighted by Gasteiger charge is -2.18. The van der Waals surface area contributed by atoms with E-state index in [1.54, 1.807) is 6.20 Å². The molecule has 0 saturated carbocycles. The molecule has 28 heavy (non-hydrogen) atoms. The van der Waals surface area contributed by atoms with Gasteiger partial charge in [0.2, 0.25) is 0 Å². The Kier molecular flexibility index (Phi) is 6.62. The van der Waals surface area contributed by atoms with Crippen molar-refractivity contribution < 1.29 is 5.11 Å². The number of hydrogen-bond acceptors (Lipinski definition) is 4. The van der Waals surface area contributed by atoms with E-state index >= 15 is 0 Å². The monoisotopic (exact) mass is 378 g/mol. The van der Waals surface area contributed by atoms with Crippen molar-refractivity contribution in [2.45, 2.75) is 45.9 Å². The Bertz CT molecular complexity index is 882. The summed E-state index contributed by atoms with van der Waals surface area (Å²) >= 11 is 0. The van der Waals surface area contributed by atoms with Gasteiger partial charge in [0.15, 0.2) is 0 Å². The standard InChI is InChI=1S/C23H30N4O/c1-16(11-19-5-4-6-20(12-19)13-24)25-15-22(28)21-9-10-23(26-14-21)27-17(2)7-8-18(27)3/h4-10,12,14,16,22,25,28H,11,13,15,24H2,1-3H3/t16-,22+/m1/s1. The van der Waals surface area contributed by atoms with Gasteiger partial charge in [-0.05, 0) is 56.5 Å². The summed E-state index contributed by atoms with van der Waals surface area (Å²) in [6.07, 6.45) is 2.06. The average Bonchev–Trinajstić information content (AvgIpc) is 3.04. The van der Waals surface area contributed by atoms with Crippen molar-refractivity contribution in [3.8, 4) is 5.82 Å². The van der Waals surface area contributed by atoms with Crippen LogP contribution in [0.5, 0.6) is 0 Å². The maximum atomic E-state index is 10.5. The molecule has 3 aromatic rings. The molecule has 0 radical (unpaired) electrons. The van der Waals surface area contributed by atoms with Gasteiger partial charge in [0.25, 0.3) is 0 Å². The van der Waals surface area contributed by atoms with E-state index in [1.165, 1.54) is 5.56 Å². The predicted octanol–water partition coefficient (Wildman–Crippen LogP) is 3.20. The lowest BCUT2D eigenvalue weighted by molar-refractivity contribution is 0.170. The van der Waals surface area contributed by atoms with Gasteiger partial charge in [0.05, 0.1) is 6.10 Å². The Hall–Kier alpha value is -2.47. The van der Waals surface area contributed by atoms with Crippen LogP contribution < -0.4 is 11.1 Å². The molecule has 0 amide bonds. The van der Waals surface area contributed by atoms with Crippen molar-refractivity contribution in [1.29, 1.82) is 0 Å². The topological polar surface area (TPSA) is 76.1 Å². The lowest BCUT2D eigenvalue weighted by atomic mass is 10.0. The van der Waals surface area contributed by atoms with Crippen molar-refractivity contribution in [3.63, 3.8) is 0 Å². The second-order valence-corrected chi connectivity index (χ2v) is 7.45. The highest BCUT2D eigenvalue weighted by atomic mass is 16.3. The van der Waals surface area contributed by atoms with Gasteiger partial charge in [-0.1, -0.05) is 30.3 Å². The summed E-state index contributed by atoms with van der Waals surface area (Å²) in [6.45, 7) is 7.29. The van der Waals surface area contributed by atoms with E-state index in [0.29, 0.717) is 13.1 Å². The molecule has 3 rings (SSSR count). The summed E-state index contributed by atoms with van der Waals surface area (Å²) in [7, 11) is 0. The maximum absolute atomic E-state index is 10.5. The Balaban J connectivity index is 1.56. The number of nitrogens with zero attached hydrogens (tertiary/aromatic N) is 2. The summed E-state index contributed by atoms with van der Waals surface area (Å²) in [6, 6.07) is 16.6. The second kappa shape index (κ2) is 9.15. The summed E-state index contributed by atoms with van der Waals surface area (Å²) in [4.78, 5) is 4.54. The first-order valence-corrected chi connectivity index (χ1v) is 9.78. The van der Waals surface area contributed by atoms with Crippen molar-refractivity contribution in [3.05, 3.63) is 82.8 Å². The van der Waals surface area contributed by atoms with Crippen LogP contribution in [0.25, 0.3) is 5.82 Å². The molecule has 0 aliphatic heterocycles. The fourth-order valence-electron chi connectivity index (χ4n) is 3.50. The highest BCUT2D eigenvalue weighted by molar-refractivity contribution is 5.33. The molecule has 0 bridgehead atoms. The molecular weight excluding hydrogens is 348 g/mol. The van der Waals surface area contributed by atoms with Crippen LogP contribution in [0.2, 0.25) is 0 Å². The van der Waals surface area contributed by atoms with Crippen LogP contribution in [0, 0.1) is 13.8 Å². The zero-order valence-electron chi connectivity index (χ0n) is 16.9. The third-order valence-electron chi connectivity index (χ3n) is 5.08. The van der Waals surface area contributed by atoms with Gasteiger partial charge in [-0.15, -0.1) is 0 Å². The Morgan fingerprint density at radius 2 is 1.79 bits per heavy atom. The first kappa shape index (κ1) is 20.3. The molecule has 0 saturated heterocycles. The molecule has 2 heterocycles. The Morgan fingerprint density at radius 3 is 2.43 bits per heavy atom. The van der Waals surface area contributed by atoms with E-state index < -0.39 is 6.10 Å². The van der Waals surface area contributed by atoms with Crippen molar-refractivity contribution in [1.82, 2.24) is 14.9 Å². The van der Waals surface area contributed by atoms with E-state index in [0.717, 1.165) is 34.8 Å². The third-order valence-corrected chi connectivity index (χ3v) is 5.08. The number of hydrogen-bond donors (Lipinski definition) is 3. The van der Waals surface area contributed by atoms with E-state index in [1.807, 2.05) is 24.3 Å². The molecule has 0 aliphatic carbocycles. The maximum Gasteiger partial charge on any atom is 0.136 e. The van der Waals surface area contributed by atoms with E-state index in [9.17, 15) is 5.11 Å².